The Bertz CT molecular complexity index is 1210. The highest BCUT2D eigenvalue weighted by molar-refractivity contribution is 14.1. The molecule has 0 radical (unpaired) electrons. The van der Waals surface area contributed by atoms with E-state index in [-0.39, 0.29) is 11.8 Å². The molecule has 4 rings (SSSR count). The van der Waals surface area contributed by atoms with Gasteiger partial charge in [0.15, 0.2) is 0 Å². The van der Waals surface area contributed by atoms with Crippen LogP contribution in [0.2, 0.25) is 0 Å². The molecule has 1 aliphatic rings. The standard InChI is InChI=1S/C29H36IN5O2S/c1-33(2)12-13-34-14-16-35(17-15-34)26-9-8-24(20-25(26)32-29(37)27-7-4-18-38-27)28(36)31-11-10-22-5-3-6-23(19-22)21-30/h3-9,18-20H,10-17,21H2,1-2H3,(H,31,36)(H,32,37). The minimum absolute atomic E-state index is 0.137. The number of anilines is 2. The van der Waals surface area contributed by atoms with Gasteiger partial charge in [-0.25, -0.2) is 0 Å². The Hall–Kier alpha value is -2.47. The zero-order valence-electron chi connectivity index (χ0n) is 22.1. The van der Waals surface area contributed by atoms with Crippen molar-refractivity contribution in [1.82, 2.24) is 15.1 Å². The van der Waals surface area contributed by atoms with E-state index >= 15 is 0 Å². The average Bonchev–Trinajstić information content (AvgIpc) is 3.48. The zero-order valence-corrected chi connectivity index (χ0v) is 25.1. The van der Waals surface area contributed by atoms with Gasteiger partial charge in [-0.2, -0.15) is 0 Å². The van der Waals surface area contributed by atoms with Crippen LogP contribution in [0.25, 0.3) is 0 Å². The Morgan fingerprint density at radius 2 is 1.76 bits per heavy atom. The van der Waals surface area contributed by atoms with E-state index in [1.807, 2.05) is 35.7 Å². The van der Waals surface area contributed by atoms with Crippen LogP contribution in [-0.4, -0.2) is 81.5 Å². The maximum Gasteiger partial charge on any atom is 0.265 e. The van der Waals surface area contributed by atoms with Crippen molar-refractivity contribution < 1.29 is 9.59 Å². The number of halogens is 1. The molecule has 9 heteroatoms. The lowest BCUT2D eigenvalue weighted by Crippen LogP contribution is -2.48. The highest BCUT2D eigenvalue weighted by atomic mass is 127. The van der Waals surface area contributed by atoms with Gasteiger partial charge in [-0.1, -0.05) is 52.9 Å². The predicted octanol–water partition coefficient (Wildman–Crippen LogP) is 4.59. The Labute approximate surface area is 243 Å². The zero-order chi connectivity index (χ0) is 26.9. The molecule has 1 aliphatic heterocycles. The molecule has 0 atom stereocenters. The summed E-state index contributed by atoms with van der Waals surface area (Å²) in [7, 11) is 4.19. The van der Waals surface area contributed by atoms with Gasteiger partial charge in [0.05, 0.1) is 16.3 Å². The molecule has 0 aliphatic carbocycles. The Morgan fingerprint density at radius 3 is 2.47 bits per heavy atom. The molecule has 0 bridgehead atoms. The number of amides is 2. The van der Waals surface area contributed by atoms with Crippen molar-refractivity contribution in [3.8, 4) is 0 Å². The van der Waals surface area contributed by atoms with Crippen LogP contribution in [0.3, 0.4) is 0 Å². The van der Waals surface area contributed by atoms with Crippen LogP contribution in [0.15, 0.2) is 60.0 Å². The first-order chi connectivity index (χ1) is 18.4. The van der Waals surface area contributed by atoms with E-state index in [1.165, 1.54) is 22.5 Å². The molecule has 2 heterocycles. The Kier molecular flexibility index (Phi) is 10.6. The number of carbonyl (C=O) groups excluding carboxylic acids is 2. The van der Waals surface area contributed by atoms with E-state index in [4.69, 9.17) is 0 Å². The van der Waals surface area contributed by atoms with Crippen LogP contribution in [0.1, 0.15) is 31.2 Å². The Morgan fingerprint density at radius 1 is 0.974 bits per heavy atom. The number of alkyl halides is 1. The van der Waals surface area contributed by atoms with Crippen molar-refractivity contribution in [3.05, 3.63) is 81.5 Å². The molecule has 1 aromatic heterocycles. The van der Waals surface area contributed by atoms with Crippen molar-refractivity contribution in [2.75, 3.05) is 70.1 Å². The third-order valence-electron chi connectivity index (χ3n) is 6.67. The lowest BCUT2D eigenvalue weighted by molar-refractivity contribution is 0.0952. The highest BCUT2D eigenvalue weighted by Crippen LogP contribution is 2.29. The summed E-state index contributed by atoms with van der Waals surface area (Å²) in [5.74, 6) is -0.291. The summed E-state index contributed by atoms with van der Waals surface area (Å²) in [4.78, 5) is 33.6. The number of thiophene rings is 1. The second-order valence-corrected chi connectivity index (χ2v) is 11.5. The normalized spacial score (nSPS) is 14.1. The third kappa shape index (κ3) is 8.02. The summed E-state index contributed by atoms with van der Waals surface area (Å²) in [6.45, 7) is 6.31. The van der Waals surface area contributed by atoms with Crippen LogP contribution < -0.4 is 15.5 Å². The maximum absolute atomic E-state index is 13.0. The number of hydrogen-bond acceptors (Lipinski definition) is 6. The first-order valence-corrected chi connectivity index (χ1v) is 15.4. The van der Waals surface area contributed by atoms with Crippen molar-refractivity contribution in [3.63, 3.8) is 0 Å². The maximum atomic E-state index is 13.0. The molecule has 3 aromatic rings. The third-order valence-corrected chi connectivity index (χ3v) is 8.42. The van der Waals surface area contributed by atoms with E-state index in [0.29, 0.717) is 22.7 Å². The molecule has 2 N–H and O–H groups in total. The van der Waals surface area contributed by atoms with Crippen LogP contribution in [0.4, 0.5) is 11.4 Å². The number of carbonyl (C=O) groups is 2. The van der Waals surface area contributed by atoms with Crippen LogP contribution in [-0.2, 0) is 10.8 Å². The van der Waals surface area contributed by atoms with Crippen LogP contribution >= 0.6 is 33.9 Å². The number of rotatable bonds is 11. The van der Waals surface area contributed by atoms with Gasteiger partial charge >= 0.3 is 0 Å². The number of piperazine rings is 1. The molecule has 1 fully saturated rings. The average molecular weight is 646 g/mol. The molecule has 1 saturated heterocycles. The van der Waals surface area contributed by atoms with Gasteiger partial charge in [0.2, 0.25) is 0 Å². The minimum Gasteiger partial charge on any atom is -0.367 e. The van der Waals surface area contributed by atoms with E-state index in [9.17, 15) is 9.59 Å². The van der Waals surface area contributed by atoms with Gasteiger partial charge in [-0.3, -0.25) is 14.5 Å². The second-order valence-electron chi connectivity index (χ2n) is 9.75. The summed E-state index contributed by atoms with van der Waals surface area (Å²) in [5.41, 5.74) is 4.67. The largest absolute Gasteiger partial charge is 0.367 e. The SMILES string of the molecule is CN(C)CCN1CCN(c2ccc(C(=O)NCCc3cccc(CI)c3)cc2NC(=O)c2cccs2)CC1. The molecule has 0 spiro atoms. The summed E-state index contributed by atoms with van der Waals surface area (Å²) in [6, 6.07) is 17.8. The number of hydrogen-bond donors (Lipinski definition) is 2. The number of nitrogens with one attached hydrogen (secondary N) is 2. The van der Waals surface area contributed by atoms with Gasteiger partial charge in [-0.05, 0) is 61.3 Å². The smallest absolute Gasteiger partial charge is 0.265 e. The molecule has 7 nitrogen and oxygen atoms in total. The molecule has 38 heavy (non-hydrogen) atoms. The van der Waals surface area contributed by atoms with E-state index in [1.54, 1.807) is 0 Å². The van der Waals surface area contributed by atoms with Crippen molar-refractivity contribution >= 4 is 57.1 Å². The molecule has 0 unspecified atom stereocenters. The summed E-state index contributed by atoms with van der Waals surface area (Å²) >= 11 is 3.76. The number of benzene rings is 2. The number of nitrogens with zero attached hydrogens (tertiary/aromatic N) is 3. The van der Waals surface area contributed by atoms with Gasteiger partial charge in [0, 0.05) is 55.8 Å². The molecule has 0 saturated carbocycles. The van der Waals surface area contributed by atoms with Gasteiger partial charge in [0.25, 0.3) is 11.8 Å². The van der Waals surface area contributed by atoms with E-state index in [0.717, 1.165) is 55.8 Å². The van der Waals surface area contributed by atoms with Crippen LogP contribution in [0, 0.1) is 0 Å². The van der Waals surface area contributed by atoms with Crippen molar-refractivity contribution in [2.24, 2.45) is 0 Å². The quantitative estimate of drug-likeness (QED) is 0.236. The number of likely N-dealkylation sites (N-methyl/N-ethyl adjacent to an activating group) is 1. The molecule has 2 aromatic carbocycles. The lowest BCUT2D eigenvalue weighted by Gasteiger charge is -2.37. The summed E-state index contributed by atoms with van der Waals surface area (Å²) in [5, 5.41) is 8.02. The first-order valence-electron chi connectivity index (χ1n) is 13.0. The molecular weight excluding hydrogens is 609 g/mol. The summed E-state index contributed by atoms with van der Waals surface area (Å²) in [6.07, 6.45) is 0.772. The van der Waals surface area contributed by atoms with E-state index in [2.05, 4.69) is 86.3 Å². The monoisotopic (exact) mass is 645 g/mol. The van der Waals surface area contributed by atoms with Gasteiger partial charge in [-0.15, -0.1) is 11.3 Å². The second kappa shape index (κ2) is 14.1. The van der Waals surface area contributed by atoms with E-state index < -0.39 is 0 Å². The summed E-state index contributed by atoms with van der Waals surface area (Å²) < 4.78 is 0.968. The Balaban J connectivity index is 1.44. The molecular formula is C29H36IN5O2S. The highest BCUT2D eigenvalue weighted by Gasteiger charge is 2.21. The minimum atomic E-state index is -0.154. The van der Waals surface area contributed by atoms with Gasteiger partial charge in [0.1, 0.15) is 0 Å². The predicted molar refractivity (Wildman–Crippen MR) is 166 cm³/mol. The van der Waals surface area contributed by atoms with Crippen molar-refractivity contribution in [2.45, 2.75) is 10.8 Å². The first kappa shape index (κ1) is 28.5. The molecule has 2 amide bonds. The topological polar surface area (TPSA) is 67.9 Å². The van der Waals surface area contributed by atoms with Crippen LogP contribution in [0.5, 0.6) is 0 Å². The fourth-order valence-electron chi connectivity index (χ4n) is 4.49. The van der Waals surface area contributed by atoms with Gasteiger partial charge < -0.3 is 20.4 Å². The fraction of sp³-hybridized carbons (Fsp3) is 0.379. The lowest BCUT2D eigenvalue weighted by atomic mass is 10.1. The molecule has 202 valence electrons. The van der Waals surface area contributed by atoms with Crippen molar-refractivity contribution in [1.29, 1.82) is 0 Å². The fourth-order valence-corrected chi connectivity index (χ4v) is 5.58.